The number of piperidine rings is 1. The first-order valence-corrected chi connectivity index (χ1v) is 10.6. The van der Waals surface area contributed by atoms with Crippen LogP contribution in [0.25, 0.3) is 11.1 Å². The molecule has 1 saturated heterocycles. The summed E-state index contributed by atoms with van der Waals surface area (Å²) in [6.07, 6.45) is 1.61. The molecule has 0 atom stereocenters. The lowest BCUT2D eigenvalue weighted by atomic mass is 10.1. The van der Waals surface area contributed by atoms with Crippen LogP contribution in [0.15, 0.2) is 60.7 Å². The largest absolute Gasteiger partial charge is 0.484 e. The molecule has 3 aromatic rings. The zero-order valence-electron chi connectivity index (χ0n) is 18.0. The van der Waals surface area contributed by atoms with E-state index < -0.39 is 0 Å². The number of hydrogen-bond donors (Lipinski definition) is 0. The highest BCUT2D eigenvalue weighted by Gasteiger charge is 2.24. The maximum atomic E-state index is 12.6. The molecule has 2 heterocycles. The highest BCUT2D eigenvalue weighted by molar-refractivity contribution is 5.78. The summed E-state index contributed by atoms with van der Waals surface area (Å²) >= 11 is 0. The van der Waals surface area contributed by atoms with Crippen molar-refractivity contribution in [3.05, 3.63) is 72.2 Å². The van der Waals surface area contributed by atoms with Crippen molar-refractivity contribution in [3.8, 4) is 22.8 Å². The monoisotopic (exact) mass is 417 g/mol. The van der Waals surface area contributed by atoms with Gasteiger partial charge in [-0.2, -0.15) is 4.98 Å². The minimum Gasteiger partial charge on any atom is -0.484 e. The van der Waals surface area contributed by atoms with E-state index in [4.69, 9.17) is 9.47 Å². The van der Waals surface area contributed by atoms with Gasteiger partial charge in [0.1, 0.15) is 17.7 Å². The third kappa shape index (κ3) is 5.60. The fraction of sp³-hybridized carbons (Fsp3) is 0.320. The highest BCUT2D eigenvalue weighted by atomic mass is 16.5. The Kier molecular flexibility index (Phi) is 6.46. The van der Waals surface area contributed by atoms with Crippen molar-refractivity contribution >= 4 is 5.91 Å². The van der Waals surface area contributed by atoms with E-state index in [1.807, 2.05) is 67.3 Å². The Balaban J connectivity index is 1.24. The van der Waals surface area contributed by atoms with Gasteiger partial charge in [0.05, 0.1) is 0 Å². The molecule has 1 aliphatic rings. The molecular formula is C25H27N3O3. The summed E-state index contributed by atoms with van der Waals surface area (Å²) in [7, 11) is 0. The molecule has 6 heteroatoms. The smallest absolute Gasteiger partial charge is 0.260 e. The van der Waals surface area contributed by atoms with E-state index in [9.17, 15) is 4.79 Å². The first-order valence-electron chi connectivity index (χ1n) is 10.6. The topological polar surface area (TPSA) is 64.5 Å². The number of rotatable bonds is 6. The fourth-order valence-electron chi connectivity index (χ4n) is 3.75. The second-order valence-electron chi connectivity index (χ2n) is 7.77. The van der Waals surface area contributed by atoms with Crippen LogP contribution >= 0.6 is 0 Å². The SMILES string of the molecule is Cc1cc(OC2CCN(C(=O)COc3ccc(-c4ccccc4)cc3)CC2)nc(C)n1. The van der Waals surface area contributed by atoms with Crippen molar-refractivity contribution in [2.45, 2.75) is 32.8 Å². The Labute approximate surface area is 182 Å². The molecule has 1 fully saturated rings. The standard InChI is InChI=1S/C25H27N3O3/c1-18-16-24(27-19(2)26-18)31-23-12-14-28(15-13-23)25(29)17-30-22-10-8-21(9-11-22)20-6-4-3-5-7-20/h3-11,16,23H,12-15,17H2,1-2H3. The van der Waals surface area contributed by atoms with Crippen molar-refractivity contribution in [2.75, 3.05) is 19.7 Å². The van der Waals surface area contributed by atoms with Crippen LogP contribution in [-0.4, -0.2) is 46.6 Å². The maximum absolute atomic E-state index is 12.6. The predicted molar refractivity (Wildman–Crippen MR) is 119 cm³/mol. The van der Waals surface area contributed by atoms with Gasteiger partial charge < -0.3 is 14.4 Å². The van der Waals surface area contributed by atoms with Gasteiger partial charge in [0.2, 0.25) is 5.88 Å². The number of ether oxygens (including phenoxy) is 2. The van der Waals surface area contributed by atoms with Gasteiger partial charge in [0, 0.05) is 37.7 Å². The lowest BCUT2D eigenvalue weighted by Crippen LogP contribution is -2.43. The molecule has 160 valence electrons. The normalized spacial score (nSPS) is 14.3. The second-order valence-corrected chi connectivity index (χ2v) is 7.77. The first-order chi connectivity index (χ1) is 15.1. The second kappa shape index (κ2) is 9.60. The van der Waals surface area contributed by atoms with Gasteiger partial charge in [-0.15, -0.1) is 0 Å². The van der Waals surface area contributed by atoms with E-state index in [0.29, 0.717) is 30.5 Å². The molecule has 1 aliphatic heterocycles. The summed E-state index contributed by atoms with van der Waals surface area (Å²) in [4.78, 5) is 23.0. The Morgan fingerprint density at radius 2 is 1.65 bits per heavy atom. The Morgan fingerprint density at radius 3 is 2.32 bits per heavy atom. The van der Waals surface area contributed by atoms with Crippen LogP contribution in [-0.2, 0) is 4.79 Å². The number of aryl methyl sites for hydroxylation is 2. The lowest BCUT2D eigenvalue weighted by molar-refractivity contribution is -0.135. The van der Waals surface area contributed by atoms with Crippen molar-refractivity contribution in [2.24, 2.45) is 0 Å². The van der Waals surface area contributed by atoms with Crippen molar-refractivity contribution in [1.29, 1.82) is 0 Å². The number of hydrogen-bond acceptors (Lipinski definition) is 5. The third-order valence-electron chi connectivity index (χ3n) is 5.35. The fourth-order valence-corrected chi connectivity index (χ4v) is 3.75. The maximum Gasteiger partial charge on any atom is 0.260 e. The molecule has 1 amide bonds. The van der Waals surface area contributed by atoms with E-state index in [-0.39, 0.29) is 18.6 Å². The van der Waals surface area contributed by atoms with Gasteiger partial charge in [-0.25, -0.2) is 4.98 Å². The molecule has 0 N–H and O–H groups in total. The van der Waals surface area contributed by atoms with E-state index in [2.05, 4.69) is 22.1 Å². The van der Waals surface area contributed by atoms with Crippen molar-refractivity contribution < 1.29 is 14.3 Å². The van der Waals surface area contributed by atoms with Crippen LogP contribution in [0.3, 0.4) is 0 Å². The number of carbonyl (C=O) groups excluding carboxylic acids is 1. The van der Waals surface area contributed by atoms with Crippen LogP contribution in [0.1, 0.15) is 24.4 Å². The van der Waals surface area contributed by atoms with Gasteiger partial charge in [-0.3, -0.25) is 4.79 Å². The zero-order chi connectivity index (χ0) is 21.6. The van der Waals surface area contributed by atoms with Crippen LogP contribution in [0.4, 0.5) is 0 Å². The van der Waals surface area contributed by atoms with Gasteiger partial charge in [-0.1, -0.05) is 42.5 Å². The highest BCUT2D eigenvalue weighted by Crippen LogP contribution is 2.22. The molecule has 1 aromatic heterocycles. The van der Waals surface area contributed by atoms with Crippen LogP contribution in [0.2, 0.25) is 0 Å². The molecule has 6 nitrogen and oxygen atoms in total. The summed E-state index contributed by atoms with van der Waals surface area (Å²) in [5.41, 5.74) is 3.17. The van der Waals surface area contributed by atoms with Crippen molar-refractivity contribution in [1.82, 2.24) is 14.9 Å². The Hall–Kier alpha value is -3.41. The molecule has 0 unspecified atom stereocenters. The first kappa shape index (κ1) is 20.8. The van der Waals surface area contributed by atoms with E-state index in [1.165, 1.54) is 0 Å². The summed E-state index contributed by atoms with van der Waals surface area (Å²) in [6, 6.07) is 19.8. The van der Waals surface area contributed by atoms with Crippen LogP contribution < -0.4 is 9.47 Å². The minimum absolute atomic E-state index is 0.000638. The number of carbonyl (C=O) groups is 1. The average Bonchev–Trinajstić information content (AvgIpc) is 2.78. The molecule has 2 aromatic carbocycles. The van der Waals surface area contributed by atoms with E-state index in [1.54, 1.807) is 0 Å². The zero-order valence-corrected chi connectivity index (χ0v) is 18.0. The minimum atomic E-state index is -0.000638. The lowest BCUT2D eigenvalue weighted by Gasteiger charge is -2.32. The number of amides is 1. The molecular weight excluding hydrogens is 390 g/mol. The molecule has 4 rings (SSSR count). The summed E-state index contributed by atoms with van der Waals surface area (Å²) < 4.78 is 11.7. The molecule has 0 radical (unpaired) electrons. The molecule has 0 bridgehead atoms. The van der Waals surface area contributed by atoms with Gasteiger partial charge in [-0.05, 0) is 37.1 Å². The molecule has 0 aliphatic carbocycles. The molecule has 0 saturated carbocycles. The quantitative estimate of drug-likeness (QED) is 0.601. The van der Waals surface area contributed by atoms with Gasteiger partial charge in [0.15, 0.2) is 6.61 Å². The third-order valence-corrected chi connectivity index (χ3v) is 5.35. The Bertz CT molecular complexity index is 994. The number of aromatic nitrogens is 2. The van der Waals surface area contributed by atoms with Crippen molar-refractivity contribution in [3.63, 3.8) is 0 Å². The number of likely N-dealkylation sites (tertiary alicyclic amines) is 1. The van der Waals surface area contributed by atoms with Gasteiger partial charge in [0.25, 0.3) is 5.91 Å². The molecule has 0 spiro atoms. The number of nitrogens with zero attached hydrogens (tertiary/aromatic N) is 3. The van der Waals surface area contributed by atoms with E-state index in [0.717, 1.165) is 29.7 Å². The summed E-state index contributed by atoms with van der Waals surface area (Å²) in [6.45, 7) is 5.14. The van der Waals surface area contributed by atoms with Crippen LogP contribution in [0, 0.1) is 13.8 Å². The summed E-state index contributed by atoms with van der Waals surface area (Å²) in [5, 5.41) is 0. The summed E-state index contributed by atoms with van der Waals surface area (Å²) in [5.74, 6) is 2.01. The predicted octanol–water partition coefficient (Wildman–Crippen LogP) is 4.21. The van der Waals surface area contributed by atoms with Gasteiger partial charge >= 0.3 is 0 Å². The Morgan fingerprint density at radius 1 is 0.968 bits per heavy atom. The van der Waals surface area contributed by atoms with Crippen LogP contribution in [0.5, 0.6) is 11.6 Å². The average molecular weight is 418 g/mol. The van der Waals surface area contributed by atoms with E-state index >= 15 is 0 Å². The number of benzene rings is 2. The molecule has 31 heavy (non-hydrogen) atoms.